The highest BCUT2D eigenvalue weighted by Crippen LogP contribution is 2.19. The van der Waals surface area contributed by atoms with E-state index < -0.39 is 0 Å². The Morgan fingerprint density at radius 3 is 2.69 bits per heavy atom. The molecule has 4 nitrogen and oxygen atoms in total. The fourth-order valence-electron chi connectivity index (χ4n) is 4.29. The van der Waals surface area contributed by atoms with E-state index in [2.05, 4.69) is 35.0 Å². The van der Waals surface area contributed by atoms with E-state index in [0.29, 0.717) is 5.92 Å². The van der Waals surface area contributed by atoms with Gasteiger partial charge in [0.1, 0.15) is 5.75 Å². The second-order valence-electron chi connectivity index (χ2n) is 8.36. The zero-order valence-corrected chi connectivity index (χ0v) is 18.1. The summed E-state index contributed by atoms with van der Waals surface area (Å²) in [5.74, 6) is 1.76. The van der Waals surface area contributed by atoms with Crippen molar-refractivity contribution in [2.45, 2.75) is 32.7 Å². The summed E-state index contributed by atoms with van der Waals surface area (Å²) in [6, 6.07) is 16.5. The second kappa shape index (κ2) is 10.6. The molecule has 0 unspecified atom stereocenters. The lowest BCUT2D eigenvalue weighted by Gasteiger charge is -2.34. The van der Waals surface area contributed by atoms with Crippen molar-refractivity contribution in [3.05, 3.63) is 65.2 Å². The third kappa shape index (κ3) is 6.69. The quantitative estimate of drug-likeness (QED) is 0.594. The van der Waals surface area contributed by atoms with Gasteiger partial charge in [0.25, 0.3) is 0 Å². The van der Waals surface area contributed by atoms with E-state index in [9.17, 15) is 4.79 Å². The summed E-state index contributed by atoms with van der Waals surface area (Å²) in [4.78, 5) is 16.6. The van der Waals surface area contributed by atoms with Crippen molar-refractivity contribution in [2.75, 3.05) is 40.3 Å². The van der Waals surface area contributed by atoms with Gasteiger partial charge in [0.05, 0.1) is 7.11 Å². The number of ketones is 1. The number of hydrogen-bond donors (Lipinski definition) is 0. The maximum Gasteiger partial charge on any atom is 0.159 e. The summed E-state index contributed by atoms with van der Waals surface area (Å²) in [5, 5.41) is 0. The minimum Gasteiger partial charge on any atom is -0.497 e. The minimum absolute atomic E-state index is 0.134. The lowest BCUT2D eigenvalue weighted by Crippen LogP contribution is -2.40. The Hall–Kier alpha value is -2.17. The first-order chi connectivity index (χ1) is 14.0. The molecule has 1 saturated heterocycles. The number of benzene rings is 2. The van der Waals surface area contributed by atoms with Crippen LogP contribution in [0, 0.1) is 5.92 Å². The number of Topliss-reactive ketones (excluding diaryl/α,β-unsaturated/α-hetero) is 1. The number of methoxy groups -OCH3 is 1. The van der Waals surface area contributed by atoms with Gasteiger partial charge in [-0.2, -0.15) is 0 Å². The van der Waals surface area contributed by atoms with E-state index in [0.717, 1.165) is 37.4 Å². The Kier molecular flexibility index (Phi) is 7.84. The van der Waals surface area contributed by atoms with Crippen molar-refractivity contribution >= 4 is 5.78 Å². The Balaban J connectivity index is 1.46. The Labute approximate surface area is 175 Å². The van der Waals surface area contributed by atoms with Crippen LogP contribution < -0.4 is 4.74 Å². The van der Waals surface area contributed by atoms with Crippen LogP contribution in [0.3, 0.4) is 0 Å². The number of hydrogen-bond acceptors (Lipinski definition) is 4. The molecule has 0 saturated carbocycles. The van der Waals surface area contributed by atoms with E-state index >= 15 is 0 Å². The smallest absolute Gasteiger partial charge is 0.159 e. The number of likely N-dealkylation sites (tertiary alicyclic amines) is 1. The minimum atomic E-state index is 0.134. The van der Waals surface area contributed by atoms with Gasteiger partial charge in [0.15, 0.2) is 5.78 Å². The first-order valence-electron chi connectivity index (χ1n) is 10.7. The molecular formula is C25H34N2O2. The van der Waals surface area contributed by atoms with Crippen LogP contribution in [0.4, 0.5) is 0 Å². The molecule has 0 amide bonds. The summed E-state index contributed by atoms with van der Waals surface area (Å²) >= 11 is 0. The number of piperidine rings is 1. The highest BCUT2D eigenvalue weighted by molar-refractivity contribution is 5.94. The standard InChI is InChI=1S/C25H34N2O2/c1-20(28)24-8-4-6-22(16-24)17-26(2)18-23-7-5-14-27(19-23)15-13-21-9-11-25(29-3)12-10-21/h4,6,8-12,16,23H,5,7,13-15,17-19H2,1-3H3/t23-/m1/s1. The Bertz CT molecular complexity index is 788. The van der Waals surface area contributed by atoms with E-state index in [1.807, 2.05) is 30.3 Å². The maximum absolute atomic E-state index is 11.6. The molecule has 0 spiro atoms. The third-order valence-corrected chi connectivity index (χ3v) is 5.83. The summed E-state index contributed by atoms with van der Waals surface area (Å²) in [6.07, 6.45) is 3.67. The summed E-state index contributed by atoms with van der Waals surface area (Å²) in [6.45, 7) is 7.12. The molecule has 0 N–H and O–H groups in total. The summed E-state index contributed by atoms with van der Waals surface area (Å²) in [7, 11) is 3.90. The molecule has 29 heavy (non-hydrogen) atoms. The second-order valence-corrected chi connectivity index (χ2v) is 8.36. The highest BCUT2D eigenvalue weighted by Gasteiger charge is 2.21. The Morgan fingerprint density at radius 2 is 1.97 bits per heavy atom. The van der Waals surface area contributed by atoms with Gasteiger partial charge in [-0.15, -0.1) is 0 Å². The summed E-state index contributed by atoms with van der Waals surface area (Å²) < 4.78 is 5.24. The van der Waals surface area contributed by atoms with Crippen molar-refractivity contribution in [3.63, 3.8) is 0 Å². The molecular weight excluding hydrogens is 360 g/mol. The molecule has 4 heteroatoms. The molecule has 1 fully saturated rings. The van der Waals surface area contributed by atoms with Crippen LogP contribution in [0.1, 0.15) is 41.3 Å². The van der Waals surface area contributed by atoms with E-state index in [1.165, 1.54) is 37.1 Å². The van der Waals surface area contributed by atoms with Gasteiger partial charge in [0.2, 0.25) is 0 Å². The topological polar surface area (TPSA) is 32.8 Å². The zero-order valence-electron chi connectivity index (χ0n) is 18.1. The van der Waals surface area contributed by atoms with Crippen LogP contribution in [0.25, 0.3) is 0 Å². The van der Waals surface area contributed by atoms with E-state index in [-0.39, 0.29) is 5.78 Å². The molecule has 2 aromatic rings. The van der Waals surface area contributed by atoms with Gasteiger partial charge in [-0.3, -0.25) is 4.79 Å². The first-order valence-corrected chi connectivity index (χ1v) is 10.7. The van der Waals surface area contributed by atoms with Crippen LogP contribution in [0.5, 0.6) is 5.75 Å². The Morgan fingerprint density at radius 1 is 1.17 bits per heavy atom. The zero-order chi connectivity index (χ0) is 20.6. The lowest BCUT2D eigenvalue weighted by molar-refractivity contribution is 0.101. The molecule has 0 bridgehead atoms. The molecule has 1 heterocycles. The van der Waals surface area contributed by atoms with E-state index in [1.54, 1.807) is 14.0 Å². The lowest BCUT2D eigenvalue weighted by atomic mass is 9.96. The van der Waals surface area contributed by atoms with Gasteiger partial charge in [-0.05, 0) is 75.0 Å². The number of carbonyl (C=O) groups excluding carboxylic acids is 1. The first kappa shape index (κ1) is 21.5. The monoisotopic (exact) mass is 394 g/mol. The van der Waals surface area contributed by atoms with Crippen LogP contribution in [-0.2, 0) is 13.0 Å². The average Bonchev–Trinajstić information content (AvgIpc) is 2.73. The third-order valence-electron chi connectivity index (χ3n) is 5.83. The summed E-state index contributed by atoms with van der Waals surface area (Å²) in [5.41, 5.74) is 3.39. The molecule has 2 aromatic carbocycles. The maximum atomic E-state index is 11.6. The fraction of sp³-hybridized carbons (Fsp3) is 0.480. The molecule has 0 aromatic heterocycles. The van der Waals surface area contributed by atoms with Crippen molar-refractivity contribution < 1.29 is 9.53 Å². The molecule has 3 rings (SSSR count). The van der Waals surface area contributed by atoms with Crippen LogP contribution >= 0.6 is 0 Å². The molecule has 1 atom stereocenters. The molecule has 156 valence electrons. The van der Waals surface area contributed by atoms with Crippen LogP contribution in [-0.4, -0.2) is 55.9 Å². The molecule has 0 radical (unpaired) electrons. The van der Waals surface area contributed by atoms with E-state index in [4.69, 9.17) is 4.74 Å². The van der Waals surface area contributed by atoms with Gasteiger partial charge in [0, 0.05) is 31.7 Å². The van der Waals surface area contributed by atoms with Gasteiger partial charge in [-0.1, -0.05) is 30.3 Å². The predicted octanol–water partition coefficient (Wildman–Crippen LogP) is 4.28. The normalized spacial score (nSPS) is 17.4. The number of nitrogens with zero attached hydrogens (tertiary/aromatic N) is 2. The highest BCUT2D eigenvalue weighted by atomic mass is 16.5. The molecule has 0 aliphatic carbocycles. The average molecular weight is 395 g/mol. The fourth-order valence-corrected chi connectivity index (χ4v) is 4.29. The van der Waals surface area contributed by atoms with Crippen molar-refractivity contribution in [1.82, 2.24) is 9.80 Å². The SMILES string of the molecule is COc1ccc(CCN2CCC[C@H](CN(C)Cc3cccc(C(C)=O)c3)C2)cc1. The number of carbonyl (C=O) groups is 1. The molecule has 1 aliphatic rings. The number of rotatable bonds is 9. The van der Waals surface area contributed by atoms with Crippen LogP contribution in [0.15, 0.2) is 48.5 Å². The number of ether oxygens (including phenoxy) is 1. The van der Waals surface area contributed by atoms with Crippen molar-refractivity contribution in [2.24, 2.45) is 5.92 Å². The predicted molar refractivity (Wildman–Crippen MR) is 119 cm³/mol. The van der Waals surface area contributed by atoms with Gasteiger partial charge < -0.3 is 14.5 Å². The van der Waals surface area contributed by atoms with Gasteiger partial charge in [-0.25, -0.2) is 0 Å². The largest absolute Gasteiger partial charge is 0.497 e. The van der Waals surface area contributed by atoms with Crippen molar-refractivity contribution in [1.29, 1.82) is 0 Å². The molecule has 1 aliphatic heterocycles. The van der Waals surface area contributed by atoms with Crippen LogP contribution in [0.2, 0.25) is 0 Å². The van der Waals surface area contributed by atoms with Gasteiger partial charge >= 0.3 is 0 Å². The van der Waals surface area contributed by atoms with Crippen molar-refractivity contribution in [3.8, 4) is 5.75 Å².